The van der Waals surface area contributed by atoms with E-state index in [1.807, 2.05) is 24.3 Å². The third-order valence-electron chi connectivity index (χ3n) is 3.05. The number of ether oxygens (including phenoxy) is 1. The Labute approximate surface area is 109 Å². The summed E-state index contributed by atoms with van der Waals surface area (Å²) in [6.45, 7) is 4.12. The molecule has 0 aliphatic rings. The number of carboxylic acid groups (broad SMARTS) is 1. The first-order valence-corrected chi connectivity index (χ1v) is 6.38. The molecule has 0 aliphatic heterocycles. The third kappa shape index (κ3) is 4.78. The molecular weight excluding hydrogens is 228 g/mol. The molecule has 0 aromatic heterocycles. The molecule has 0 bridgehead atoms. The molecule has 1 aromatic carbocycles. The van der Waals surface area contributed by atoms with Crippen LogP contribution in [-0.2, 0) is 11.2 Å². The molecule has 0 radical (unpaired) electrons. The van der Waals surface area contributed by atoms with Crippen molar-refractivity contribution in [2.24, 2.45) is 11.8 Å². The SMILES string of the molecule is COc1ccc(CCC(CC(C)C)C(=O)O)cc1. The number of hydrogen-bond acceptors (Lipinski definition) is 2. The highest BCUT2D eigenvalue weighted by atomic mass is 16.5. The van der Waals surface area contributed by atoms with Gasteiger partial charge < -0.3 is 9.84 Å². The maximum Gasteiger partial charge on any atom is 0.306 e. The fourth-order valence-corrected chi connectivity index (χ4v) is 2.04. The minimum atomic E-state index is -0.683. The molecule has 0 fully saturated rings. The summed E-state index contributed by atoms with van der Waals surface area (Å²) in [6, 6.07) is 7.81. The molecule has 0 aliphatic carbocycles. The average Bonchev–Trinajstić information content (AvgIpc) is 2.34. The maximum atomic E-state index is 11.1. The van der Waals surface area contributed by atoms with Gasteiger partial charge in [-0.3, -0.25) is 4.79 Å². The average molecular weight is 250 g/mol. The quantitative estimate of drug-likeness (QED) is 0.807. The molecule has 0 amide bonds. The van der Waals surface area contributed by atoms with Crippen molar-refractivity contribution in [2.75, 3.05) is 7.11 Å². The summed E-state index contributed by atoms with van der Waals surface area (Å²) >= 11 is 0. The molecule has 3 nitrogen and oxygen atoms in total. The van der Waals surface area contributed by atoms with Crippen molar-refractivity contribution in [2.45, 2.75) is 33.1 Å². The van der Waals surface area contributed by atoms with Crippen LogP contribution in [0.3, 0.4) is 0 Å². The Hall–Kier alpha value is -1.51. The standard InChI is InChI=1S/C15H22O3/c1-11(2)10-13(15(16)17)7-4-12-5-8-14(18-3)9-6-12/h5-6,8-9,11,13H,4,7,10H2,1-3H3,(H,16,17). The summed E-state index contributed by atoms with van der Waals surface area (Å²) in [5, 5.41) is 9.16. The molecule has 0 heterocycles. The van der Waals surface area contributed by atoms with Gasteiger partial charge in [0.05, 0.1) is 13.0 Å². The highest BCUT2D eigenvalue weighted by molar-refractivity contribution is 5.69. The molecule has 100 valence electrons. The van der Waals surface area contributed by atoms with Crippen LogP contribution >= 0.6 is 0 Å². The minimum Gasteiger partial charge on any atom is -0.497 e. The van der Waals surface area contributed by atoms with Gasteiger partial charge in [0.2, 0.25) is 0 Å². The zero-order valence-corrected chi connectivity index (χ0v) is 11.3. The van der Waals surface area contributed by atoms with Crippen molar-refractivity contribution >= 4 is 5.97 Å². The van der Waals surface area contributed by atoms with E-state index in [1.165, 1.54) is 0 Å². The summed E-state index contributed by atoms with van der Waals surface area (Å²) in [7, 11) is 1.64. The van der Waals surface area contributed by atoms with Crippen LogP contribution in [-0.4, -0.2) is 18.2 Å². The van der Waals surface area contributed by atoms with Crippen molar-refractivity contribution in [1.82, 2.24) is 0 Å². The van der Waals surface area contributed by atoms with Crippen molar-refractivity contribution in [3.63, 3.8) is 0 Å². The van der Waals surface area contributed by atoms with Gasteiger partial charge in [0.1, 0.15) is 5.75 Å². The van der Waals surface area contributed by atoms with E-state index in [1.54, 1.807) is 7.11 Å². The Morgan fingerprint density at radius 3 is 2.33 bits per heavy atom. The number of hydrogen-bond donors (Lipinski definition) is 1. The van der Waals surface area contributed by atoms with Gasteiger partial charge in [0.25, 0.3) is 0 Å². The predicted octanol–water partition coefficient (Wildman–Crippen LogP) is 3.37. The lowest BCUT2D eigenvalue weighted by Gasteiger charge is -2.14. The zero-order chi connectivity index (χ0) is 13.5. The van der Waals surface area contributed by atoms with Crippen molar-refractivity contribution in [1.29, 1.82) is 0 Å². The molecule has 18 heavy (non-hydrogen) atoms. The van der Waals surface area contributed by atoms with Crippen LogP contribution in [0.15, 0.2) is 24.3 Å². The second-order valence-electron chi connectivity index (χ2n) is 5.05. The van der Waals surface area contributed by atoms with E-state index in [9.17, 15) is 4.79 Å². The third-order valence-corrected chi connectivity index (χ3v) is 3.05. The molecule has 0 spiro atoms. The molecule has 0 saturated carbocycles. The largest absolute Gasteiger partial charge is 0.497 e. The van der Waals surface area contributed by atoms with Crippen molar-refractivity contribution < 1.29 is 14.6 Å². The molecule has 1 aromatic rings. The van der Waals surface area contributed by atoms with Gasteiger partial charge in [-0.2, -0.15) is 0 Å². The van der Waals surface area contributed by atoms with Gasteiger partial charge in [0.15, 0.2) is 0 Å². The molecule has 1 atom stereocenters. The van der Waals surface area contributed by atoms with Crippen LogP contribution in [0.1, 0.15) is 32.3 Å². The predicted molar refractivity (Wildman–Crippen MR) is 71.9 cm³/mol. The molecule has 1 rings (SSSR count). The van der Waals surface area contributed by atoms with Gasteiger partial charge in [-0.15, -0.1) is 0 Å². The molecule has 3 heteroatoms. The second kappa shape index (κ2) is 7.04. The van der Waals surface area contributed by atoms with Crippen molar-refractivity contribution in [3.05, 3.63) is 29.8 Å². The topological polar surface area (TPSA) is 46.5 Å². The maximum absolute atomic E-state index is 11.1. The van der Waals surface area contributed by atoms with Gasteiger partial charge in [0, 0.05) is 0 Å². The van der Waals surface area contributed by atoms with Crippen LogP contribution in [0.4, 0.5) is 0 Å². The van der Waals surface area contributed by atoms with E-state index in [4.69, 9.17) is 9.84 Å². The summed E-state index contributed by atoms with van der Waals surface area (Å²) < 4.78 is 5.09. The molecule has 1 N–H and O–H groups in total. The first kappa shape index (κ1) is 14.6. The van der Waals surface area contributed by atoms with Gasteiger partial charge >= 0.3 is 5.97 Å². The Morgan fingerprint density at radius 1 is 1.28 bits per heavy atom. The number of aliphatic carboxylic acids is 1. The lowest BCUT2D eigenvalue weighted by atomic mass is 9.91. The number of carbonyl (C=O) groups is 1. The highest BCUT2D eigenvalue weighted by Crippen LogP contribution is 2.19. The van der Waals surface area contributed by atoms with E-state index in [2.05, 4.69) is 13.8 Å². The van der Waals surface area contributed by atoms with E-state index in [-0.39, 0.29) is 5.92 Å². The number of carboxylic acids is 1. The smallest absolute Gasteiger partial charge is 0.306 e. The van der Waals surface area contributed by atoms with Crippen molar-refractivity contribution in [3.8, 4) is 5.75 Å². The van der Waals surface area contributed by atoms with Crippen LogP contribution in [0.5, 0.6) is 5.75 Å². The Bertz CT molecular complexity index is 368. The fraction of sp³-hybridized carbons (Fsp3) is 0.533. The first-order chi connectivity index (χ1) is 8.52. The lowest BCUT2D eigenvalue weighted by Crippen LogP contribution is -2.16. The van der Waals surface area contributed by atoms with Crippen LogP contribution in [0.2, 0.25) is 0 Å². The van der Waals surface area contributed by atoms with Crippen LogP contribution < -0.4 is 4.74 Å². The normalized spacial score (nSPS) is 12.4. The number of methoxy groups -OCH3 is 1. The second-order valence-corrected chi connectivity index (χ2v) is 5.05. The lowest BCUT2D eigenvalue weighted by molar-refractivity contribution is -0.142. The Balaban J connectivity index is 2.52. The minimum absolute atomic E-state index is 0.243. The van der Waals surface area contributed by atoms with Gasteiger partial charge in [-0.25, -0.2) is 0 Å². The monoisotopic (exact) mass is 250 g/mol. The Kier molecular flexibility index (Phi) is 5.69. The summed E-state index contributed by atoms with van der Waals surface area (Å²) in [5.74, 6) is 0.321. The molecular formula is C15H22O3. The Morgan fingerprint density at radius 2 is 1.89 bits per heavy atom. The van der Waals surface area contributed by atoms with Crippen LogP contribution in [0, 0.1) is 11.8 Å². The summed E-state index contributed by atoms with van der Waals surface area (Å²) in [4.78, 5) is 11.1. The van der Waals surface area contributed by atoms with E-state index >= 15 is 0 Å². The van der Waals surface area contributed by atoms with E-state index in [0.717, 1.165) is 24.2 Å². The zero-order valence-electron chi connectivity index (χ0n) is 11.3. The summed E-state index contributed by atoms with van der Waals surface area (Å²) in [6.07, 6.45) is 2.24. The number of aryl methyl sites for hydroxylation is 1. The highest BCUT2D eigenvalue weighted by Gasteiger charge is 2.18. The molecule has 1 unspecified atom stereocenters. The number of benzene rings is 1. The summed E-state index contributed by atoms with van der Waals surface area (Å²) in [5.41, 5.74) is 1.16. The van der Waals surface area contributed by atoms with Gasteiger partial charge in [-0.1, -0.05) is 26.0 Å². The van der Waals surface area contributed by atoms with Crippen LogP contribution in [0.25, 0.3) is 0 Å². The van der Waals surface area contributed by atoms with E-state index in [0.29, 0.717) is 12.3 Å². The first-order valence-electron chi connectivity index (χ1n) is 6.38. The van der Waals surface area contributed by atoms with E-state index < -0.39 is 5.97 Å². The fourth-order valence-electron chi connectivity index (χ4n) is 2.04. The number of rotatable bonds is 7. The van der Waals surface area contributed by atoms with Gasteiger partial charge in [-0.05, 0) is 42.9 Å². The molecule has 0 saturated heterocycles.